The summed E-state index contributed by atoms with van der Waals surface area (Å²) in [5, 5.41) is 8.17. The molecule has 0 radical (unpaired) electrons. The van der Waals surface area contributed by atoms with Gasteiger partial charge in [0.05, 0.1) is 0 Å². The molecule has 2 heterocycles. The molecule has 0 aliphatic rings. The van der Waals surface area contributed by atoms with Gasteiger partial charge in [-0.3, -0.25) is 5.10 Å². The Bertz CT molecular complexity index is 459. The van der Waals surface area contributed by atoms with Crippen molar-refractivity contribution >= 4 is 23.1 Å². The zero-order valence-corrected chi connectivity index (χ0v) is 9.34. The maximum Gasteiger partial charge on any atom is 0.199 e. The van der Waals surface area contributed by atoms with Gasteiger partial charge in [-0.05, 0) is 12.3 Å². The van der Waals surface area contributed by atoms with E-state index in [2.05, 4.69) is 22.1 Å². The molecule has 82 valence electrons. The van der Waals surface area contributed by atoms with Crippen LogP contribution in [0.3, 0.4) is 0 Å². The van der Waals surface area contributed by atoms with Crippen molar-refractivity contribution in [1.82, 2.24) is 19.8 Å². The number of hydrogen-bond donors (Lipinski definition) is 3. The van der Waals surface area contributed by atoms with Crippen LogP contribution in [0.4, 0.5) is 5.69 Å². The Kier molecular flexibility index (Phi) is 2.83. The number of aromatic amines is 1. The van der Waals surface area contributed by atoms with Crippen molar-refractivity contribution in [2.75, 3.05) is 18.0 Å². The molecule has 0 saturated heterocycles. The Balaban J connectivity index is 2.39. The molecule has 7 heteroatoms. The third-order valence-corrected chi connectivity index (χ3v) is 2.86. The second kappa shape index (κ2) is 4.11. The summed E-state index contributed by atoms with van der Waals surface area (Å²) in [6.45, 7) is 2.62. The van der Waals surface area contributed by atoms with Gasteiger partial charge in [-0.25, -0.2) is 4.98 Å². The lowest BCUT2D eigenvalue weighted by Crippen LogP contribution is -2.04. The summed E-state index contributed by atoms with van der Waals surface area (Å²) in [6, 6.07) is 0. The van der Waals surface area contributed by atoms with E-state index in [9.17, 15) is 0 Å². The highest BCUT2D eigenvalue weighted by molar-refractivity contribution is 7.99. The van der Waals surface area contributed by atoms with E-state index in [-0.39, 0.29) is 0 Å². The highest BCUT2D eigenvalue weighted by atomic mass is 32.2. The average Bonchev–Trinajstić information content (AvgIpc) is 2.70. The first-order valence-electron chi connectivity index (χ1n) is 4.82. The summed E-state index contributed by atoms with van der Waals surface area (Å²) in [7, 11) is 0. The zero-order chi connectivity index (χ0) is 10.8. The standard InChI is InChI=1S/C8H14N6S/c1-2-15-8-6(10)7-11-5(3-4-9)12-14(7)13-8/h2-4,9-10H2,1H3,(H,11,12). The maximum absolute atomic E-state index is 5.92. The van der Waals surface area contributed by atoms with E-state index in [0.717, 1.165) is 16.6 Å². The molecule has 0 amide bonds. The van der Waals surface area contributed by atoms with Crippen molar-refractivity contribution in [3.05, 3.63) is 5.82 Å². The molecule has 0 aromatic carbocycles. The van der Waals surface area contributed by atoms with Gasteiger partial charge in [-0.1, -0.05) is 6.92 Å². The van der Waals surface area contributed by atoms with Crippen LogP contribution < -0.4 is 11.5 Å². The highest BCUT2D eigenvalue weighted by Gasteiger charge is 2.13. The predicted molar refractivity (Wildman–Crippen MR) is 60.9 cm³/mol. The van der Waals surface area contributed by atoms with Crippen molar-refractivity contribution in [3.8, 4) is 0 Å². The molecule has 0 aliphatic heterocycles. The van der Waals surface area contributed by atoms with Gasteiger partial charge >= 0.3 is 0 Å². The minimum absolute atomic E-state index is 0.563. The van der Waals surface area contributed by atoms with E-state index >= 15 is 0 Å². The number of aromatic nitrogens is 4. The van der Waals surface area contributed by atoms with E-state index in [0.29, 0.717) is 24.3 Å². The Morgan fingerprint density at radius 1 is 1.53 bits per heavy atom. The molecule has 0 spiro atoms. The van der Waals surface area contributed by atoms with Crippen molar-refractivity contribution in [2.45, 2.75) is 18.4 Å². The van der Waals surface area contributed by atoms with Crippen LogP contribution in [-0.4, -0.2) is 32.1 Å². The summed E-state index contributed by atoms with van der Waals surface area (Å²) in [5.41, 5.74) is 12.7. The van der Waals surface area contributed by atoms with Gasteiger partial charge in [0.1, 0.15) is 16.5 Å². The summed E-state index contributed by atoms with van der Waals surface area (Å²) in [5.74, 6) is 1.76. The maximum atomic E-state index is 5.92. The van der Waals surface area contributed by atoms with Gasteiger partial charge in [0, 0.05) is 6.42 Å². The van der Waals surface area contributed by atoms with Crippen LogP contribution in [0.15, 0.2) is 5.03 Å². The van der Waals surface area contributed by atoms with Crippen LogP contribution in [0, 0.1) is 0 Å². The molecule has 0 fully saturated rings. The Hall–Kier alpha value is -1.21. The van der Waals surface area contributed by atoms with Gasteiger partial charge in [0.2, 0.25) is 0 Å². The van der Waals surface area contributed by atoms with E-state index in [4.69, 9.17) is 11.5 Å². The number of nitrogens with one attached hydrogen (secondary N) is 1. The van der Waals surface area contributed by atoms with Crippen molar-refractivity contribution in [2.24, 2.45) is 5.73 Å². The number of nitrogens with two attached hydrogens (primary N) is 2. The predicted octanol–water partition coefficient (Wildman–Crippen LogP) is 0.253. The number of thioether (sulfide) groups is 1. The molecule has 15 heavy (non-hydrogen) atoms. The van der Waals surface area contributed by atoms with Gasteiger partial charge in [0.25, 0.3) is 0 Å². The number of nitrogen functional groups attached to an aromatic ring is 1. The van der Waals surface area contributed by atoms with Gasteiger partial charge in [-0.2, -0.15) is 4.63 Å². The molecule has 2 rings (SSSR count). The molecule has 5 N–H and O–H groups in total. The lowest BCUT2D eigenvalue weighted by molar-refractivity contribution is 0.751. The van der Waals surface area contributed by atoms with Gasteiger partial charge in [-0.15, -0.1) is 16.9 Å². The first-order chi connectivity index (χ1) is 7.26. The number of rotatable bonds is 4. The molecule has 2 aromatic rings. The normalized spacial score (nSPS) is 11.3. The Morgan fingerprint density at radius 3 is 2.93 bits per heavy atom. The summed E-state index contributed by atoms with van der Waals surface area (Å²) in [4.78, 5) is 4.33. The lowest BCUT2D eigenvalue weighted by atomic mass is 10.4. The number of nitrogens with zero attached hydrogens (tertiary/aromatic N) is 3. The quantitative estimate of drug-likeness (QED) is 0.649. The van der Waals surface area contributed by atoms with E-state index in [1.54, 1.807) is 16.4 Å². The van der Waals surface area contributed by atoms with Crippen LogP contribution in [0.5, 0.6) is 0 Å². The van der Waals surface area contributed by atoms with Crippen LogP contribution in [-0.2, 0) is 6.42 Å². The van der Waals surface area contributed by atoms with E-state index < -0.39 is 0 Å². The van der Waals surface area contributed by atoms with Gasteiger partial charge in [0.15, 0.2) is 5.65 Å². The van der Waals surface area contributed by atoms with Crippen molar-refractivity contribution in [3.63, 3.8) is 0 Å². The second-order valence-electron chi connectivity index (χ2n) is 3.10. The smallest absolute Gasteiger partial charge is 0.199 e. The minimum Gasteiger partial charge on any atom is -0.393 e. The van der Waals surface area contributed by atoms with Crippen LogP contribution >= 0.6 is 11.8 Å². The average molecular weight is 226 g/mol. The lowest BCUT2D eigenvalue weighted by Gasteiger charge is -1.92. The third kappa shape index (κ3) is 1.80. The molecular weight excluding hydrogens is 212 g/mol. The molecule has 6 nitrogen and oxygen atoms in total. The molecule has 0 aliphatic carbocycles. The third-order valence-electron chi connectivity index (χ3n) is 2.00. The highest BCUT2D eigenvalue weighted by Crippen LogP contribution is 2.26. The van der Waals surface area contributed by atoms with Crippen LogP contribution in [0.2, 0.25) is 0 Å². The molecule has 2 aromatic heterocycles. The molecule has 0 saturated carbocycles. The second-order valence-corrected chi connectivity index (χ2v) is 4.35. The topological polar surface area (TPSA) is 98.0 Å². The fraction of sp³-hybridized carbons (Fsp3) is 0.500. The number of H-pyrrole nitrogens is 1. The first-order valence-corrected chi connectivity index (χ1v) is 5.80. The van der Waals surface area contributed by atoms with Crippen LogP contribution in [0.1, 0.15) is 12.7 Å². The monoisotopic (exact) mass is 226 g/mol. The zero-order valence-electron chi connectivity index (χ0n) is 8.53. The summed E-state index contributed by atoms with van der Waals surface area (Å²) < 4.78 is 1.61. The summed E-state index contributed by atoms with van der Waals surface area (Å²) in [6.07, 6.45) is 0.707. The molecular formula is C8H14N6S. The minimum atomic E-state index is 0.563. The van der Waals surface area contributed by atoms with E-state index in [1.807, 2.05) is 0 Å². The number of hydrogen-bond acceptors (Lipinski definition) is 5. The summed E-state index contributed by atoms with van der Waals surface area (Å²) >= 11 is 1.61. The SMILES string of the molecule is CCSc1nn2[nH]c(CCN)nc2c1N. The number of fused-ring (bicyclic) bond motifs is 1. The Morgan fingerprint density at radius 2 is 2.33 bits per heavy atom. The Labute approximate surface area is 91.4 Å². The van der Waals surface area contributed by atoms with Gasteiger partial charge < -0.3 is 11.5 Å². The van der Waals surface area contributed by atoms with Crippen LogP contribution in [0.25, 0.3) is 5.65 Å². The fourth-order valence-electron chi connectivity index (χ4n) is 1.35. The van der Waals surface area contributed by atoms with E-state index in [1.165, 1.54) is 0 Å². The van der Waals surface area contributed by atoms with Crippen molar-refractivity contribution < 1.29 is 0 Å². The fourth-order valence-corrected chi connectivity index (χ4v) is 2.01. The van der Waals surface area contributed by atoms with Crippen molar-refractivity contribution in [1.29, 1.82) is 0 Å². The molecule has 0 atom stereocenters. The first kappa shape index (κ1) is 10.3. The largest absolute Gasteiger partial charge is 0.393 e. The molecule has 0 bridgehead atoms. The number of anilines is 1. The molecule has 0 unspecified atom stereocenters.